The highest BCUT2D eigenvalue weighted by Gasteiger charge is 2.34. The van der Waals surface area contributed by atoms with Crippen LogP contribution in [0.25, 0.3) is 0 Å². The summed E-state index contributed by atoms with van der Waals surface area (Å²) in [4.78, 5) is 27.3. The van der Waals surface area contributed by atoms with Crippen molar-refractivity contribution >= 4 is 23.2 Å². The Balaban J connectivity index is 1.88. The Labute approximate surface area is 181 Å². The number of aromatic nitrogens is 2. The third kappa shape index (κ3) is 4.26. The first-order chi connectivity index (χ1) is 14.3. The van der Waals surface area contributed by atoms with E-state index in [2.05, 4.69) is 22.2 Å². The van der Waals surface area contributed by atoms with Crippen LogP contribution in [0.3, 0.4) is 0 Å². The van der Waals surface area contributed by atoms with Crippen LogP contribution in [0.1, 0.15) is 34.1 Å². The van der Waals surface area contributed by atoms with Gasteiger partial charge in [-0.05, 0) is 38.5 Å². The molecule has 1 saturated heterocycles. The largest absolute Gasteiger partial charge is 0.377 e. The van der Waals surface area contributed by atoms with Crippen LogP contribution in [0, 0.1) is 13.8 Å². The first-order valence-electron chi connectivity index (χ1n) is 9.98. The highest BCUT2D eigenvalue weighted by atomic mass is 35.5. The number of H-pyrrole nitrogens is 1. The molecule has 0 bridgehead atoms. The van der Waals surface area contributed by atoms with E-state index in [1.807, 2.05) is 13.0 Å². The van der Waals surface area contributed by atoms with E-state index in [-0.39, 0.29) is 30.2 Å². The first-order valence-corrected chi connectivity index (χ1v) is 10.4. The molecular formula is C21H29ClN4O4. The van der Waals surface area contributed by atoms with Crippen molar-refractivity contribution in [3.05, 3.63) is 49.9 Å². The lowest BCUT2D eigenvalue weighted by Gasteiger charge is -2.34. The van der Waals surface area contributed by atoms with Gasteiger partial charge in [-0.1, -0.05) is 11.6 Å². The molecule has 2 unspecified atom stereocenters. The lowest BCUT2D eigenvalue weighted by atomic mass is 10.0. The van der Waals surface area contributed by atoms with Crippen LogP contribution in [0.2, 0.25) is 5.02 Å². The topological polar surface area (TPSA) is 88.6 Å². The Morgan fingerprint density at radius 1 is 1.40 bits per heavy atom. The molecule has 0 spiro atoms. The number of halogens is 1. The highest BCUT2D eigenvalue weighted by molar-refractivity contribution is 6.31. The number of carbonyl (C=O) groups is 1. The molecule has 1 aliphatic heterocycles. The van der Waals surface area contributed by atoms with E-state index in [1.54, 1.807) is 27.1 Å². The number of methoxy groups -OCH3 is 1. The maximum absolute atomic E-state index is 13.0. The monoisotopic (exact) mass is 436 g/mol. The molecule has 1 amide bonds. The molecule has 30 heavy (non-hydrogen) atoms. The van der Waals surface area contributed by atoms with Crippen molar-refractivity contribution in [3.63, 3.8) is 0 Å². The summed E-state index contributed by atoms with van der Waals surface area (Å²) in [5, 5.41) is 6.26. The Kier molecular flexibility index (Phi) is 6.90. The van der Waals surface area contributed by atoms with E-state index < -0.39 is 0 Å². The second-order valence-electron chi connectivity index (χ2n) is 7.52. The van der Waals surface area contributed by atoms with E-state index in [0.717, 1.165) is 16.9 Å². The standard InChI is InChI=1S/C21H29ClN4O4/c1-6-26(18-10-30-11-19(18)29-5)17-8-14(22)7-15(12(17)2)20(27)23-9-16-13(3)24-25(4)21(16)28/h7-8,18-19,24H,6,9-11H2,1-5H3,(H,23,27). The number of likely N-dealkylation sites (N-methyl/N-ethyl adjacent to an activating group) is 1. The number of benzene rings is 1. The van der Waals surface area contributed by atoms with Crippen LogP contribution in [-0.2, 0) is 23.1 Å². The third-order valence-corrected chi connectivity index (χ3v) is 5.94. The Bertz CT molecular complexity index is 984. The molecule has 1 aromatic heterocycles. The maximum Gasteiger partial charge on any atom is 0.271 e. The van der Waals surface area contributed by atoms with Crippen molar-refractivity contribution in [1.82, 2.24) is 15.1 Å². The molecule has 164 valence electrons. The van der Waals surface area contributed by atoms with Crippen molar-refractivity contribution in [1.29, 1.82) is 0 Å². The van der Waals surface area contributed by atoms with Gasteiger partial charge in [-0.15, -0.1) is 0 Å². The second-order valence-corrected chi connectivity index (χ2v) is 7.96. The van der Waals surface area contributed by atoms with Gasteiger partial charge < -0.3 is 19.7 Å². The van der Waals surface area contributed by atoms with Crippen LogP contribution < -0.4 is 15.8 Å². The summed E-state index contributed by atoms with van der Waals surface area (Å²) in [6.07, 6.45) is -0.0478. The smallest absolute Gasteiger partial charge is 0.271 e. The number of carbonyl (C=O) groups excluding carboxylic acids is 1. The molecule has 1 fully saturated rings. The van der Waals surface area contributed by atoms with Crippen LogP contribution >= 0.6 is 11.6 Å². The summed E-state index contributed by atoms with van der Waals surface area (Å²) in [6.45, 7) is 7.71. The van der Waals surface area contributed by atoms with Gasteiger partial charge in [-0.3, -0.25) is 19.4 Å². The Hall–Kier alpha value is -2.29. The second kappa shape index (κ2) is 9.24. The van der Waals surface area contributed by atoms with Gasteiger partial charge in [-0.2, -0.15) is 0 Å². The van der Waals surface area contributed by atoms with Crippen LogP contribution in [0.4, 0.5) is 5.69 Å². The van der Waals surface area contributed by atoms with Gasteiger partial charge in [0.2, 0.25) is 0 Å². The molecule has 8 nitrogen and oxygen atoms in total. The zero-order chi connectivity index (χ0) is 22.0. The number of hydrogen-bond acceptors (Lipinski definition) is 5. The predicted molar refractivity (Wildman–Crippen MR) is 117 cm³/mol. The van der Waals surface area contributed by atoms with Crippen molar-refractivity contribution in [2.24, 2.45) is 7.05 Å². The average molecular weight is 437 g/mol. The average Bonchev–Trinajstić information content (AvgIpc) is 3.27. The van der Waals surface area contributed by atoms with Crippen molar-refractivity contribution in [2.45, 2.75) is 39.5 Å². The van der Waals surface area contributed by atoms with E-state index >= 15 is 0 Å². The summed E-state index contributed by atoms with van der Waals surface area (Å²) < 4.78 is 12.6. The van der Waals surface area contributed by atoms with E-state index in [9.17, 15) is 9.59 Å². The summed E-state index contributed by atoms with van der Waals surface area (Å²) >= 11 is 6.39. The molecule has 3 rings (SSSR count). The van der Waals surface area contributed by atoms with E-state index in [4.69, 9.17) is 21.1 Å². The number of ether oxygens (including phenoxy) is 2. The van der Waals surface area contributed by atoms with Gasteiger partial charge >= 0.3 is 0 Å². The molecule has 0 aliphatic carbocycles. The lowest BCUT2D eigenvalue weighted by molar-refractivity contribution is 0.0768. The number of anilines is 1. The molecule has 1 aromatic carbocycles. The van der Waals surface area contributed by atoms with Crippen LogP contribution in [0.5, 0.6) is 0 Å². The fraction of sp³-hybridized carbons (Fsp3) is 0.524. The molecule has 2 N–H and O–H groups in total. The van der Waals surface area contributed by atoms with Crippen molar-refractivity contribution in [2.75, 3.05) is 31.8 Å². The third-order valence-electron chi connectivity index (χ3n) is 5.72. The van der Waals surface area contributed by atoms with Gasteiger partial charge in [0.25, 0.3) is 11.5 Å². The molecule has 2 aromatic rings. The quantitative estimate of drug-likeness (QED) is 0.694. The minimum Gasteiger partial charge on any atom is -0.377 e. The maximum atomic E-state index is 13.0. The number of rotatable bonds is 7. The summed E-state index contributed by atoms with van der Waals surface area (Å²) in [5.41, 5.74) is 3.29. The van der Waals surface area contributed by atoms with Crippen molar-refractivity contribution in [3.8, 4) is 0 Å². The van der Waals surface area contributed by atoms with Crippen molar-refractivity contribution < 1.29 is 14.3 Å². The lowest BCUT2D eigenvalue weighted by Crippen LogP contribution is -2.44. The van der Waals surface area contributed by atoms with E-state index in [1.165, 1.54) is 4.68 Å². The number of nitrogens with zero attached hydrogens (tertiary/aromatic N) is 2. The molecular weight excluding hydrogens is 408 g/mol. The number of aryl methyl sites for hydroxylation is 2. The molecule has 2 heterocycles. The van der Waals surface area contributed by atoms with Crippen LogP contribution in [0.15, 0.2) is 16.9 Å². The number of amides is 1. The predicted octanol–water partition coefficient (Wildman–Crippen LogP) is 2.15. The molecule has 0 saturated carbocycles. The first kappa shape index (κ1) is 22.4. The number of aromatic amines is 1. The fourth-order valence-electron chi connectivity index (χ4n) is 4.03. The Morgan fingerprint density at radius 2 is 2.13 bits per heavy atom. The SMILES string of the molecule is CCN(c1cc(Cl)cc(C(=O)NCc2c(C)[nH]n(C)c2=O)c1C)C1COCC1OC. The van der Waals surface area contributed by atoms with Gasteiger partial charge in [0.1, 0.15) is 6.10 Å². The molecule has 0 radical (unpaired) electrons. The zero-order valence-corrected chi connectivity index (χ0v) is 18.8. The summed E-state index contributed by atoms with van der Waals surface area (Å²) in [7, 11) is 3.32. The summed E-state index contributed by atoms with van der Waals surface area (Å²) in [6, 6.07) is 3.57. The summed E-state index contributed by atoms with van der Waals surface area (Å²) in [5.74, 6) is -0.277. The molecule has 1 aliphatic rings. The van der Waals surface area contributed by atoms with Gasteiger partial charge in [-0.25, -0.2) is 0 Å². The normalized spacial score (nSPS) is 18.6. The number of hydrogen-bond donors (Lipinski definition) is 2. The van der Waals surface area contributed by atoms with Crippen LogP contribution in [-0.4, -0.2) is 54.7 Å². The highest BCUT2D eigenvalue weighted by Crippen LogP contribution is 2.31. The van der Waals surface area contributed by atoms with Gasteiger partial charge in [0, 0.05) is 42.7 Å². The fourth-order valence-corrected chi connectivity index (χ4v) is 4.24. The van der Waals surface area contributed by atoms with E-state index in [0.29, 0.717) is 35.9 Å². The zero-order valence-electron chi connectivity index (χ0n) is 18.0. The Morgan fingerprint density at radius 3 is 2.73 bits per heavy atom. The minimum atomic E-state index is -0.277. The minimum absolute atomic E-state index is 0.0404. The van der Waals surface area contributed by atoms with Gasteiger partial charge in [0.15, 0.2) is 0 Å². The molecule has 9 heteroatoms. The number of nitrogens with one attached hydrogen (secondary N) is 2. The van der Waals surface area contributed by atoms with Gasteiger partial charge in [0.05, 0.1) is 31.4 Å². The molecule has 2 atom stereocenters.